The fraction of sp³-hybridized carbons (Fsp3) is 0.458. The smallest absolute Gasteiger partial charge is 0.224 e. The topological polar surface area (TPSA) is 41.6 Å². The maximum absolute atomic E-state index is 12.2. The molecule has 1 N–H and O–H groups in total. The Morgan fingerprint density at radius 1 is 0.929 bits per heavy atom. The van der Waals surface area contributed by atoms with E-state index in [4.69, 9.17) is 4.74 Å². The van der Waals surface area contributed by atoms with E-state index in [0.29, 0.717) is 19.6 Å². The Morgan fingerprint density at radius 2 is 1.71 bits per heavy atom. The number of likely N-dealkylation sites (tertiary alicyclic amines) is 1. The van der Waals surface area contributed by atoms with Gasteiger partial charge in [-0.05, 0) is 62.0 Å². The van der Waals surface area contributed by atoms with Crippen LogP contribution in [0.2, 0.25) is 0 Å². The van der Waals surface area contributed by atoms with E-state index in [2.05, 4.69) is 34.5 Å². The lowest BCUT2D eigenvalue weighted by Gasteiger charge is -2.26. The number of piperidine rings is 1. The van der Waals surface area contributed by atoms with Crippen molar-refractivity contribution >= 4 is 11.6 Å². The van der Waals surface area contributed by atoms with Crippen LogP contribution < -0.4 is 5.32 Å². The van der Waals surface area contributed by atoms with Gasteiger partial charge in [-0.25, -0.2) is 0 Å². The number of ether oxygens (including phenoxy) is 1. The fourth-order valence-corrected chi connectivity index (χ4v) is 3.62. The van der Waals surface area contributed by atoms with Gasteiger partial charge in [-0.1, -0.05) is 48.9 Å². The zero-order valence-electron chi connectivity index (χ0n) is 16.7. The highest BCUT2D eigenvalue weighted by molar-refractivity contribution is 5.90. The highest BCUT2D eigenvalue weighted by Crippen LogP contribution is 2.16. The first kappa shape index (κ1) is 20.6. The lowest BCUT2D eigenvalue weighted by Crippen LogP contribution is -2.29. The van der Waals surface area contributed by atoms with Gasteiger partial charge in [-0.15, -0.1) is 0 Å². The van der Waals surface area contributed by atoms with E-state index in [-0.39, 0.29) is 5.91 Å². The molecule has 1 aliphatic rings. The van der Waals surface area contributed by atoms with Gasteiger partial charge < -0.3 is 10.1 Å². The van der Waals surface area contributed by atoms with Gasteiger partial charge >= 0.3 is 0 Å². The predicted molar refractivity (Wildman–Crippen MR) is 114 cm³/mol. The molecule has 0 radical (unpaired) electrons. The van der Waals surface area contributed by atoms with Gasteiger partial charge in [0.15, 0.2) is 0 Å². The quantitative estimate of drug-likeness (QED) is 0.610. The van der Waals surface area contributed by atoms with Crippen LogP contribution in [0.1, 0.15) is 43.2 Å². The molecule has 0 aromatic heterocycles. The SMILES string of the molecule is O=C(CCCOCCc1ccccc1)Nc1cccc(CN2CCCCC2)c1. The zero-order chi connectivity index (χ0) is 19.4. The monoisotopic (exact) mass is 380 g/mol. The fourth-order valence-electron chi connectivity index (χ4n) is 3.62. The molecule has 150 valence electrons. The van der Waals surface area contributed by atoms with Crippen LogP contribution >= 0.6 is 0 Å². The van der Waals surface area contributed by atoms with Crippen molar-refractivity contribution in [3.63, 3.8) is 0 Å². The normalized spacial score (nSPS) is 14.7. The van der Waals surface area contributed by atoms with Crippen molar-refractivity contribution in [3.8, 4) is 0 Å². The van der Waals surface area contributed by atoms with Gasteiger partial charge in [-0.2, -0.15) is 0 Å². The Labute approximate surface area is 168 Å². The van der Waals surface area contributed by atoms with Gasteiger partial charge in [0.05, 0.1) is 6.61 Å². The van der Waals surface area contributed by atoms with Crippen molar-refractivity contribution in [2.75, 3.05) is 31.6 Å². The maximum Gasteiger partial charge on any atom is 0.224 e. The van der Waals surface area contributed by atoms with Crippen LogP contribution in [0.5, 0.6) is 0 Å². The first-order chi connectivity index (χ1) is 13.8. The van der Waals surface area contributed by atoms with E-state index >= 15 is 0 Å². The Bertz CT molecular complexity index is 712. The van der Waals surface area contributed by atoms with Gasteiger partial charge in [0.25, 0.3) is 0 Å². The molecule has 1 saturated heterocycles. The minimum absolute atomic E-state index is 0.0572. The van der Waals surface area contributed by atoms with Gasteiger partial charge in [-0.3, -0.25) is 9.69 Å². The summed E-state index contributed by atoms with van der Waals surface area (Å²) in [5, 5.41) is 3.02. The number of nitrogens with one attached hydrogen (secondary N) is 1. The van der Waals surface area contributed by atoms with Crippen molar-refractivity contribution in [2.45, 2.75) is 45.1 Å². The van der Waals surface area contributed by atoms with Crippen molar-refractivity contribution < 1.29 is 9.53 Å². The summed E-state index contributed by atoms with van der Waals surface area (Å²) in [5.41, 5.74) is 3.44. The second kappa shape index (κ2) is 11.6. The van der Waals surface area contributed by atoms with Crippen LogP contribution in [0.15, 0.2) is 54.6 Å². The largest absolute Gasteiger partial charge is 0.381 e. The summed E-state index contributed by atoms with van der Waals surface area (Å²) in [5.74, 6) is 0.0572. The first-order valence-corrected chi connectivity index (χ1v) is 10.5. The average molecular weight is 381 g/mol. The molecule has 28 heavy (non-hydrogen) atoms. The molecule has 0 saturated carbocycles. The van der Waals surface area contributed by atoms with Crippen molar-refractivity contribution in [1.82, 2.24) is 4.90 Å². The van der Waals surface area contributed by atoms with Crippen LogP contribution in [0.4, 0.5) is 5.69 Å². The summed E-state index contributed by atoms with van der Waals surface area (Å²) in [6.45, 7) is 4.65. The van der Waals surface area contributed by atoms with Gasteiger partial charge in [0.1, 0.15) is 0 Å². The van der Waals surface area contributed by atoms with Crippen LogP contribution in [-0.4, -0.2) is 37.1 Å². The van der Waals surface area contributed by atoms with Gasteiger partial charge in [0, 0.05) is 25.3 Å². The molecule has 0 aliphatic carbocycles. The molecule has 0 bridgehead atoms. The van der Waals surface area contributed by atoms with Crippen molar-refractivity contribution in [1.29, 1.82) is 0 Å². The highest BCUT2D eigenvalue weighted by Gasteiger charge is 2.11. The lowest BCUT2D eigenvalue weighted by atomic mass is 10.1. The summed E-state index contributed by atoms with van der Waals surface area (Å²) in [7, 11) is 0. The molecule has 0 spiro atoms. The number of anilines is 1. The van der Waals surface area contributed by atoms with E-state index in [9.17, 15) is 4.79 Å². The van der Waals surface area contributed by atoms with Crippen LogP contribution in [0.3, 0.4) is 0 Å². The second-order valence-corrected chi connectivity index (χ2v) is 7.54. The molecule has 1 heterocycles. The van der Waals surface area contributed by atoms with E-state index < -0.39 is 0 Å². The van der Waals surface area contributed by atoms with Gasteiger partial charge in [0.2, 0.25) is 5.91 Å². The number of carbonyl (C=O) groups is 1. The minimum Gasteiger partial charge on any atom is -0.381 e. The lowest BCUT2D eigenvalue weighted by molar-refractivity contribution is -0.116. The minimum atomic E-state index is 0.0572. The summed E-state index contributed by atoms with van der Waals surface area (Å²) >= 11 is 0. The molecular weight excluding hydrogens is 348 g/mol. The van der Waals surface area contributed by atoms with Crippen molar-refractivity contribution in [2.24, 2.45) is 0 Å². The number of rotatable bonds is 10. The molecular formula is C24H32N2O2. The molecule has 1 amide bonds. The summed E-state index contributed by atoms with van der Waals surface area (Å²) in [6.07, 6.45) is 6.09. The number of nitrogens with zero attached hydrogens (tertiary/aromatic N) is 1. The van der Waals surface area contributed by atoms with E-state index in [1.54, 1.807) is 0 Å². The third-order valence-corrected chi connectivity index (χ3v) is 5.14. The first-order valence-electron chi connectivity index (χ1n) is 10.5. The Hall–Kier alpha value is -2.17. The molecule has 4 heteroatoms. The maximum atomic E-state index is 12.2. The number of benzene rings is 2. The Morgan fingerprint density at radius 3 is 2.54 bits per heavy atom. The van der Waals surface area contributed by atoms with Crippen LogP contribution in [0, 0.1) is 0 Å². The number of hydrogen-bond donors (Lipinski definition) is 1. The van der Waals surface area contributed by atoms with E-state index in [1.165, 1.54) is 43.5 Å². The van der Waals surface area contributed by atoms with E-state index in [0.717, 1.165) is 25.1 Å². The molecule has 1 fully saturated rings. The summed E-state index contributed by atoms with van der Waals surface area (Å²) in [6, 6.07) is 18.6. The van der Waals surface area contributed by atoms with E-state index in [1.807, 2.05) is 30.3 Å². The van der Waals surface area contributed by atoms with Crippen molar-refractivity contribution in [3.05, 3.63) is 65.7 Å². The average Bonchev–Trinajstić information content (AvgIpc) is 2.72. The molecule has 2 aromatic rings. The number of carbonyl (C=O) groups excluding carboxylic acids is 1. The molecule has 4 nitrogen and oxygen atoms in total. The summed E-state index contributed by atoms with van der Waals surface area (Å²) in [4.78, 5) is 14.7. The van der Waals surface area contributed by atoms with Crippen LogP contribution in [-0.2, 0) is 22.5 Å². The third kappa shape index (κ3) is 7.45. The predicted octanol–water partition coefficient (Wildman–Crippen LogP) is 4.65. The Kier molecular flexibility index (Phi) is 8.54. The standard InChI is InChI=1S/C24H32N2O2/c27-24(13-8-17-28-18-14-21-9-3-1-4-10-21)25-23-12-7-11-22(19-23)20-26-15-5-2-6-16-26/h1,3-4,7,9-12,19H,2,5-6,8,13-18,20H2,(H,25,27). The highest BCUT2D eigenvalue weighted by atomic mass is 16.5. The molecule has 1 aliphatic heterocycles. The number of amides is 1. The third-order valence-electron chi connectivity index (χ3n) is 5.14. The summed E-state index contributed by atoms with van der Waals surface area (Å²) < 4.78 is 5.66. The molecule has 0 atom stereocenters. The molecule has 2 aromatic carbocycles. The second-order valence-electron chi connectivity index (χ2n) is 7.54. The molecule has 3 rings (SSSR count). The zero-order valence-corrected chi connectivity index (χ0v) is 16.7. The van der Waals surface area contributed by atoms with Crippen LogP contribution in [0.25, 0.3) is 0 Å². The Balaban J connectivity index is 1.31. The number of hydrogen-bond acceptors (Lipinski definition) is 3. The molecule has 0 unspecified atom stereocenters.